The van der Waals surface area contributed by atoms with Gasteiger partial charge in [-0.05, 0) is 30.7 Å². The highest BCUT2D eigenvalue weighted by atomic mass is 32.2. The van der Waals surface area contributed by atoms with Crippen LogP contribution in [0.15, 0.2) is 47.5 Å². The maximum atomic E-state index is 12.3. The number of nitrogens with one attached hydrogen (secondary N) is 1. The van der Waals surface area contributed by atoms with Crippen molar-refractivity contribution in [2.45, 2.75) is 11.8 Å². The van der Waals surface area contributed by atoms with Gasteiger partial charge in [0.15, 0.2) is 0 Å². The Labute approximate surface area is 124 Å². The van der Waals surface area contributed by atoms with E-state index in [1.165, 1.54) is 6.20 Å². The highest BCUT2D eigenvalue weighted by Gasteiger charge is 2.16. The van der Waals surface area contributed by atoms with E-state index in [9.17, 15) is 8.42 Å². The molecule has 0 aliphatic carbocycles. The first-order chi connectivity index (χ1) is 10.0. The molecule has 0 aliphatic rings. The predicted octanol–water partition coefficient (Wildman–Crippen LogP) is 1.50. The average Bonchev–Trinajstić information content (AvgIpc) is 2.45. The van der Waals surface area contributed by atoms with Gasteiger partial charge in [0.05, 0.1) is 11.4 Å². The molecule has 3 N–H and O–H groups in total. The molecule has 0 radical (unpaired) electrons. The van der Waals surface area contributed by atoms with E-state index in [4.69, 9.17) is 5.73 Å². The molecule has 0 unspecified atom stereocenters. The second kappa shape index (κ2) is 6.39. The Kier molecular flexibility index (Phi) is 4.58. The summed E-state index contributed by atoms with van der Waals surface area (Å²) >= 11 is 0. The zero-order valence-corrected chi connectivity index (χ0v) is 12.3. The van der Waals surface area contributed by atoms with E-state index in [0.717, 1.165) is 0 Å². The predicted molar refractivity (Wildman–Crippen MR) is 82.2 cm³/mol. The first-order valence-corrected chi connectivity index (χ1v) is 7.75. The Hall–Kier alpha value is -2.36. The van der Waals surface area contributed by atoms with Gasteiger partial charge in [0.25, 0.3) is 10.0 Å². The molecule has 1 aromatic heterocycles. The van der Waals surface area contributed by atoms with E-state index in [-0.39, 0.29) is 17.3 Å². The quantitative estimate of drug-likeness (QED) is 0.841. The van der Waals surface area contributed by atoms with Crippen LogP contribution in [-0.4, -0.2) is 19.9 Å². The lowest BCUT2D eigenvalue weighted by Crippen LogP contribution is -2.15. The first kappa shape index (κ1) is 15.0. The number of aromatic nitrogens is 1. The number of anilines is 1. The fourth-order valence-electron chi connectivity index (χ4n) is 1.77. The van der Waals surface area contributed by atoms with Gasteiger partial charge >= 0.3 is 0 Å². The summed E-state index contributed by atoms with van der Waals surface area (Å²) in [5.74, 6) is 5.76. The number of benzene rings is 1. The van der Waals surface area contributed by atoms with E-state index in [1.54, 1.807) is 43.3 Å². The Morgan fingerprint density at radius 3 is 2.76 bits per heavy atom. The first-order valence-electron chi connectivity index (χ1n) is 6.26. The van der Waals surface area contributed by atoms with Crippen molar-refractivity contribution >= 4 is 15.8 Å². The van der Waals surface area contributed by atoms with Gasteiger partial charge in [0.1, 0.15) is 5.82 Å². The van der Waals surface area contributed by atoms with E-state index in [1.807, 2.05) is 0 Å². The molecular formula is C15H15N3O2S. The molecule has 21 heavy (non-hydrogen) atoms. The van der Waals surface area contributed by atoms with Crippen molar-refractivity contribution < 1.29 is 8.42 Å². The minimum Gasteiger partial charge on any atom is -0.320 e. The highest BCUT2D eigenvalue weighted by molar-refractivity contribution is 7.92. The van der Waals surface area contributed by atoms with Gasteiger partial charge in [-0.25, -0.2) is 13.4 Å². The van der Waals surface area contributed by atoms with Gasteiger partial charge in [-0.3, -0.25) is 4.72 Å². The van der Waals surface area contributed by atoms with Gasteiger partial charge in [-0.15, -0.1) is 0 Å². The maximum Gasteiger partial charge on any atom is 0.263 e. The van der Waals surface area contributed by atoms with Crippen molar-refractivity contribution in [2.24, 2.45) is 5.73 Å². The van der Waals surface area contributed by atoms with Crippen LogP contribution in [0.4, 0.5) is 5.82 Å². The Bertz CT molecular complexity index is 805. The van der Waals surface area contributed by atoms with E-state index >= 15 is 0 Å². The number of nitrogens with two attached hydrogens (primary N) is 1. The Balaban J connectivity index is 2.31. The summed E-state index contributed by atoms with van der Waals surface area (Å²) < 4.78 is 27.1. The molecule has 0 atom stereocenters. The van der Waals surface area contributed by atoms with Crippen molar-refractivity contribution in [3.05, 3.63) is 53.7 Å². The summed E-state index contributed by atoms with van der Waals surface area (Å²) in [7, 11) is -3.67. The molecule has 108 valence electrons. The molecular weight excluding hydrogens is 286 g/mol. The van der Waals surface area contributed by atoms with Gasteiger partial charge in [0, 0.05) is 11.8 Å². The second-order valence-electron chi connectivity index (χ2n) is 4.31. The van der Waals surface area contributed by atoms with Crippen LogP contribution in [0, 0.1) is 18.8 Å². The number of pyridine rings is 1. The molecule has 2 rings (SSSR count). The molecule has 2 aromatic rings. The standard InChI is InChI=1S/C15H15N3O2S/c1-12-5-2-3-7-14(12)21(19,20)18-15-11-13(6-4-9-16)8-10-17-15/h2-3,5,7-8,10-11H,9,16H2,1H3,(H,17,18). The van der Waals surface area contributed by atoms with Gasteiger partial charge in [0.2, 0.25) is 0 Å². The van der Waals surface area contributed by atoms with Crippen molar-refractivity contribution in [1.29, 1.82) is 0 Å². The van der Waals surface area contributed by atoms with E-state index in [2.05, 4.69) is 21.5 Å². The third kappa shape index (κ3) is 3.81. The molecule has 0 fully saturated rings. The zero-order valence-electron chi connectivity index (χ0n) is 11.5. The van der Waals surface area contributed by atoms with E-state index in [0.29, 0.717) is 11.1 Å². The van der Waals surface area contributed by atoms with Gasteiger partial charge in [-0.2, -0.15) is 0 Å². The van der Waals surface area contributed by atoms with Crippen molar-refractivity contribution in [3.8, 4) is 11.8 Å². The van der Waals surface area contributed by atoms with Crippen molar-refractivity contribution in [3.63, 3.8) is 0 Å². The number of aryl methyl sites for hydroxylation is 1. The lowest BCUT2D eigenvalue weighted by molar-refractivity contribution is 0.600. The molecule has 1 heterocycles. The average molecular weight is 301 g/mol. The maximum absolute atomic E-state index is 12.3. The summed E-state index contributed by atoms with van der Waals surface area (Å²) in [4.78, 5) is 4.23. The summed E-state index contributed by atoms with van der Waals surface area (Å²) in [5, 5.41) is 0. The molecule has 1 aromatic carbocycles. The number of rotatable bonds is 3. The lowest BCUT2D eigenvalue weighted by Gasteiger charge is -2.09. The number of hydrogen-bond acceptors (Lipinski definition) is 4. The van der Waals surface area contributed by atoms with Crippen molar-refractivity contribution in [1.82, 2.24) is 4.98 Å². The van der Waals surface area contributed by atoms with Crippen LogP contribution < -0.4 is 10.5 Å². The van der Waals surface area contributed by atoms with Crippen LogP contribution in [0.1, 0.15) is 11.1 Å². The fraction of sp³-hybridized carbons (Fsp3) is 0.133. The summed E-state index contributed by atoms with van der Waals surface area (Å²) in [6, 6.07) is 10.0. The van der Waals surface area contributed by atoms with Crippen LogP contribution in [0.3, 0.4) is 0 Å². The minimum atomic E-state index is -3.67. The molecule has 0 bridgehead atoms. The van der Waals surface area contributed by atoms with Gasteiger partial charge in [-0.1, -0.05) is 30.0 Å². The number of hydrogen-bond donors (Lipinski definition) is 2. The van der Waals surface area contributed by atoms with Crippen LogP contribution in [0.25, 0.3) is 0 Å². The molecule has 0 aliphatic heterocycles. The Morgan fingerprint density at radius 1 is 1.29 bits per heavy atom. The number of sulfonamides is 1. The Morgan fingerprint density at radius 2 is 2.05 bits per heavy atom. The van der Waals surface area contributed by atoms with Gasteiger partial charge < -0.3 is 5.73 Å². The highest BCUT2D eigenvalue weighted by Crippen LogP contribution is 2.18. The molecule has 6 heteroatoms. The second-order valence-corrected chi connectivity index (χ2v) is 5.96. The number of nitrogens with zero attached hydrogens (tertiary/aromatic N) is 1. The normalized spacial score (nSPS) is 10.6. The SMILES string of the molecule is Cc1ccccc1S(=O)(=O)Nc1cc(C#CCN)ccn1. The van der Waals surface area contributed by atoms with Crippen LogP contribution in [-0.2, 0) is 10.0 Å². The molecule has 5 nitrogen and oxygen atoms in total. The third-order valence-electron chi connectivity index (χ3n) is 2.72. The minimum absolute atomic E-state index is 0.224. The third-order valence-corrected chi connectivity index (χ3v) is 4.23. The van der Waals surface area contributed by atoms with Crippen molar-refractivity contribution in [2.75, 3.05) is 11.3 Å². The molecule has 0 saturated carbocycles. The molecule has 0 spiro atoms. The summed E-state index contributed by atoms with van der Waals surface area (Å²) in [6.07, 6.45) is 1.50. The topological polar surface area (TPSA) is 85.1 Å². The molecule has 0 amide bonds. The lowest BCUT2D eigenvalue weighted by atomic mass is 10.2. The van der Waals surface area contributed by atoms with E-state index < -0.39 is 10.0 Å². The summed E-state index contributed by atoms with van der Waals surface area (Å²) in [6.45, 7) is 1.98. The molecule has 0 saturated heterocycles. The van der Waals surface area contributed by atoms with Crippen LogP contribution in [0.5, 0.6) is 0 Å². The fourth-order valence-corrected chi connectivity index (χ4v) is 3.01. The largest absolute Gasteiger partial charge is 0.320 e. The zero-order chi connectivity index (χ0) is 15.3. The van der Waals surface area contributed by atoms with Crippen LogP contribution in [0.2, 0.25) is 0 Å². The smallest absolute Gasteiger partial charge is 0.263 e. The monoisotopic (exact) mass is 301 g/mol. The van der Waals surface area contributed by atoms with Crippen LogP contribution >= 0.6 is 0 Å². The summed E-state index contributed by atoms with van der Waals surface area (Å²) in [5.41, 5.74) is 6.63.